The van der Waals surface area contributed by atoms with Crippen molar-refractivity contribution in [2.45, 2.75) is 90.4 Å². The highest BCUT2D eigenvalue weighted by atomic mass is 16.5. The largest absolute Gasteiger partial charge is 0.501 e. The highest BCUT2D eigenvalue weighted by molar-refractivity contribution is 4.77. The lowest BCUT2D eigenvalue weighted by molar-refractivity contribution is 0.274. The molecule has 18 heavy (non-hydrogen) atoms. The van der Waals surface area contributed by atoms with E-state index in [0.29, 0.717) is 5.76 Å². The molecule has 0 N–H and O–H groups in total. The Balaban J connectivity index is 2.97. The van der Waals surface area contributed by atoms with Crippen LogP contribution < -0.4 is 0 Å². The van der Waals surface area contributed by atoms with Gasteiger partial charge in [-0.05, 0) is 13.0 Å². The molecule has 0 amide bonds. The lowest BCUT2D eigenvalue weighted by atomic mass is 10.0. The normalized spacial score (nSPS) is 10.6. The minimum atomic E-state index is 0.682. The number of allylic oxidation sites excluding steroid dienone is 1. The number of hydrogen-bond donors (Lipinski definition) is 0. The standard InChI is InChI=1S/C17H33O/c1-4-5-6-7-8-9-10-11-12-13-14-15-16-17(2)18-3/h2H,4-16H2,1,3H3. The molecule has 0 fully saturated rings. The molecular formula is C17H33O. The van der Waals surface area contributed by atoms with Crippen LogP contribution in [0.4, 0.5) is 0 Å². The molecule has 0 aliphatic heterocycles. The summed E-state index contributed by atoms with van der Waals surface area (Å²) in [4.78, 5) is 0. The van der Waals surface area contributed by atoms with Gasteiger partial charge in [0.15, 0.2) is 0 Å². The van der Waals surface area contributed by atoms with E-state index in [2.05, 4.69) is 6.92 Å². The zero-order valence-electron chi connectivity index (χ0n) is 12.7. The maximum atomic E-state index is 5.60. The third-order valence-corrected chi connectivity index (χ3v) is 3.54. The van der Waals surface area contributed by atoms with Gasteiger partial charge in [-0.3, -0.25) is 0 Å². The van der Waals surface area contributed by atoms with Crippen LogP contribution in [0.1, 0.15) is 90.4 Å². The van der Waals surface area contributed by atoms with Crippen molar-refractivity contribution >= 4 is 0 Å². The molecule has 0 saturated heterocycles. The first-order chi connectivity index (χ1) is 8.81. The third-order valence-electron chi connectivity index (χ3n) is 3.54. The van der Waals surface area contributed by atoms with E-state index in [1.54, 1.807) is 7.11 Å². The minimum absolute atomic E-state index is 0.682. The van der Waals surface area contributed by atoms with Crippen LogP contribution in [0.25, 0.3) is 0 Å². The molecule has 1 nitrogen and oxygen atoms in total. The fourth-order valence-corrected chi connectivity index (χ4v) is 2.24. The number of ether oxygens (including phenoxy) is 1. The molecule has 0 aromatic rings. The molecule has 0 bridgehead atoms. The molecule has 0 unspecified atom stereocenters. The van der Waals surface area contributed by atoms with Crippen LogP contribution in [-0.4, -0.2) is 7.11 Å². The van der Waals surface area contributed by atoms with Crippen molar-refractivity contribution in [1.82, 2.24) is 0 Å². The molecule has 0 aliphatic rings. The number of hydrogen-bond acceptors (Lipinski definition) is 1. The van der Waals surface area contributed by atoms with Crippen LogP contribution in [0.2, 0.25) is 0 Å². The SMILES string of the molecule is [CH]=C(CCCCCCCCCCCCCC)OC. The molecule has 0 aromatic carbocycles. The Labute approximate surface area is 115 Å². The summed E-state index contributed by atoms with van der Waals surface area (Å²) in [5.41, 5.74) is 0. The topological polar surface area (TPSA) is 9.23 Å². The second kappa shape index (κ2) is 14.6. The van der Waals surface area contributed by atoms with E-state index in [-0.39, 0.29) is 0 Å². The van der Waals surface area contributed by atoms with Gasteiger partial charge in [0.2, 0.25) is 0 Å². The van der Waals surface area contributed by atoms with Gasteiger partial charge in [0, 0.05) is 6.42 Å². The molecule has 1 radical (unpaired) electrons. The summed E-state index contributed by atoms with van der Waals surface area (Å²) in [7, 11) is 1.65. The molecule has 0 saturated carbocycles. The average Bonchev–Trinajstić information content (AvgIpc) is 2.39. The van der Waals surface area contributed by atoms with Gasteiger partial charge in [0.05, 0.1) is 12.9 Å². The zero-order valence-corrected chi connectivity index (χ0v) is 12.7. The van der Waals surface area contributed by atoms with E-state index < -0.39 is 0 Å². The van der Waals surface area contributed by atoms with E-state index in [4.69, 9.17) is 11.3 Å². The van der Waals surface area contributed by atoms with Gasteiger partial charge in [-0.15, -0.1) is 0 Å². The first-order valence-corrected chi connectivity index (χ1v) is 7.96. The van der Waals surface area contributed by atoms with Gasteiger partial charge >= 0.3 is 0 Å². The van der Waals surface area contributed by atoms with Crippen molar-refractivity contribution < 1.29 is 4.74 Å². The fraction of sp³-hybridized carbons (Fsp3) is 0.882. The van der Waals surface area contributed by atoms with E-state index in [0.717, 1.165) is 6.42 Å². The predicted octanol–water partition coefficient (Wildman–Crippen LogP) is 6.04. The zero-order chi connectivity index (χ0) is 13.5. The first-order valence-electron chi connectivity index (χ1n) is 7.96. The second-order valence-corrected chi connectivity index (χ2v) is 5.31. The molecule has 0 rings (SSSR count). The maximum Gasteiger partial charge on any atom is 0.0956 e. The average molecular weight is 253 g/mol. The van der Waals surface area contributed by atoms with Crippen molar-refractivity contribution in [3.8, 4) is 0 Å². The first kappa shape index (κ1) is 17.5. The quantitative estimate of drug-likeness (QED) is 0.271. The molecular weight excluding hydrogens is 220 g/mol. The van der Waals surface area contributed by atoms with Crippen molar-refractivity contribution in [1.29, 1.82) is 0 Å². The van der Waals surface area contributed by atoms with Crippen LogP contribution in [-0.2, 0) is 4.74 Å². The van der Waals surface area contributed by atoms with Crippen LogP contribution in [0.3, 0.4) is 0 Å². The van der Waals surface area contributed by atoms with Crippen molar-refractivity contribution in [3.05, 3.63) is 12.3 Å². The van der Waals surface area contributed by atoms with Crippen molar-refractivity contribution in [2.75, 3.05) is 7.11 Å². The summed E-state index contributed by atoms with van der Waals surface area (Å²) in [5, 5.41) is 0. The van der Waals surface area contributed by atoms with Gasteiger partial charge in [-0.25, -0.2) is 0 Å². The summed E-state index contributed by atoms with van der Waals surface area (Å²) >= 11 is 0. The number of unbranched alkanes of at least 4 members (excludes halogenated alkanes) is 11. The monoisotopic (exact) mass is 253 g/mol. The molecule has 1 heteroatoms. The maximum absolute atomic E-state index is 5.60. The van der Waals surface area contributed by atoms with E-state index in [1.165, 1.54) is 77.0 Å². The Morgan fingerprint density at radius 3 is 1.50 bits per heavy atom. The van der Waals surface area contributed by atoms with Gasteiger partial charge in [0.1, 0.15) is 0 Å². The van der Waals surface area contributed by atoms with Crippen LogP contribution >= 0.6 is 0 Å². The van der Waals surface area contributed by atoms with Gasteiger partial charge < -0.3 is 4.74 Å². The molecule has 107 valence electrons. The molecule has 0 spiro atoms. The highest BCUT2D eigenvalue weighted by Crippen LogP contribution is 2.13. The third kappa shape index (κ3) is 13.6. The summed E-state index contributed by atoms with van der Waals surface area (Å²) in [6.45, 7) is 7.87. The van der Waals surface area contributed by atoms with Crippen LogP contribution in [0.5, 0.6) is 0 Å². The summed E-state index contributed by atoms with van der Waals surface area (Å²) in [6.07, 6.45) is 17.5. The fourth-order valence-electron chi connectivity index (χ4n) is 2.24. The van der Waals surface area contributed by atoms with E-state index in [9.17, 15) is 0 Å². The van der Waals surface area contributed by atoms with Crippen molar-refractivity contribution in [3.63, 3.8) is 0 Å². The Bertz CT molecular complexity index is 174. The van der Waals surface area contributed by atoms with Gasteiger partial charge in [-0.1, -0.05) is 77.6 Å². The number of methoxy groups -OCH3 is 1. The highest BCUT2D eigenvalue weighted by Gasteiger charge is 1.95. The predicted molar refractivity (Wildman–Crippen MR) is 80.5 cm³/mol. The molecule has 0 atom stereocenters. The van der Waals surface area contributed by atoms with Gasteiger partial charge in [0.25, 0.3) is 0 Å². The summed E-state index contributed by atoms with van der Waals surface area (Å²) in [5.74, 6) is 0.682. The Hall–Kier alpha value is -0.460. The molecule has 0 heterocycles. The molecule has 0 aromatic heterocycles. The number of rotatable bonds is 14. The van der Waals surface area contributed by atoms with Crippen LogP contribution in [0, 0.1) is 6.58 Å². The summed E-state index contributed by atoms with van der Waals surface area (Å²) < 4.78 is 4.94. The Morgan fingerprint density at radius 1 is 0.722 bits per heavy atom. The second-order valence-electron chi connectivity index (χ2n) is 5.31. The van der Waals surface area contributed by atoms with E-state index >= 15 is 0 Å². The lowest BCUT2D eigenvalue weighted by Gasteiger charge is -2.04. The lowest BCUT2D eigenvalue weighted by Crippen LogP contribution is -1.86. The smallest absolute Gasteiger partial charge is 0.0956 e. The van der Waals surface area contributed by atoms with Crippen molar-refractivity contribution in [2.24, 2.45) is 0 Å². The minimum Gasteiger partial charge on any atom is -0.501 e. The summed E-state index contributed by atoms with van der Waals surface area (Å²) in [6, 6.07) is 0. The van der Waals surface area contributed by atoms with Crippen LogP contribution in [0.15, 0.2) is 5.76 Å². The Kier molecular flexibility index (Phi) is 14.2. The van der Waals surface area contributed by atoms with Gasteiger partial charge in [-0.2, -0.15) is 0 Å². The Morgan fingerprint density at radius 2 is 1.11 bits per heavy atom. The molecule has 0 aliphatic carbocycles. The van der Waals surface area contributed by atoms with E-state index in [1.807, 2.05) is 0 Å².